The minimum atomic E-state index is -3.98. The number of halogens is 1. The fourth-order valence-corrected chi connectivity index (χ4v) is 2.72. The summed E-state index contributed by atoms with van der Waals surface area (Å²) < 4.78 is 25.7. The summed E-state index contributed by atoms with van der Waals surface area (Å²) in [5, 5.41) is 7.15. The molecule has 0 aromatic carbocycles. The topological polar surface area (TPSA) is 86.8 Å². The molecule has 0 N–H and O–H groups in total. The zero-order chi connectivity index (χ0) is 14.9. The van der Waals surface area contributed by atoms with E-state index in [1.54, 1.807) is 19.3 Å². The smallest absolute Gasteiger partial charge is 0.296 e. The van der Waals surface area contributed by atoms with Crippen LogP contribution in [0.5, 0.6) is 0 Å². The Morgan fingerprint density at radius 1 is 1.35 bits per heavy atom. The quantitative estimate of drug-likeness (QED) is 0.785. The maximum Gasteiger partial charge on any atom is 0.296 e. The molecule has 0 aliphatic heterocycles. The SMILES string of the molecule is CCCn1c(-c2ccn(C)c(=O)c2)nnc1S(=O)(=O)Cl. The first-order valence-electron chi connectivity index (χ1n) is 5.89. The highest BCUT2D eigenvalue weighted by molar-refractivity contribution is 8.13. The number of rotatable bonds is 4. The number of hydrogen-bond donors (Lipinski definition) is 0. The summed E-state index contributed by atoms with van der Waals surface area (Å²) in [6.07, 6.45) is 2.26. The van der Waals surface area contributed by atoms with E-state index in [2.05, 4.69) is 10.2 Å². The average Bonchev–Trinajstić information content (AvgIpc) is 2.77. The molecule has 9 heteroatoms. The van der Waals surface area contributed by atoms with Gasteiger partial charge in [0.15, 0.2) is 5.82 Å². The molecule has 2 rings (SSSR count). The van der Waals surface area contributed by atoms with E-state index in [0.29, 0.717) is 24.4 Å². The van der Waals surface area contributed by atoms with Gasteiger partial charge in [-0.2, -0.15) is 0 Å². The van der Waals surface area contributed by atoms with Gasteiger partial charge in [-0.1, -0.05) is 6.92 Å². The Morgan fingerprint density at radius 3 is 2.60 bits per heavy atom. The summed E-state index contributed by atoms with van der Waals surface area (Å²) in [7, 11) is 2.98. The number of aromatic nitrogens is 4. The van der Waals surface area contributed by atoms with Gasteiger partial charge >= 0.3 is 0 Å². The highest BCUT2D eigenvalue weighted by Gasteiger charge is 2.23. The second-order valence-corrected chi connectivity index (χ2v) is 6.72. The first kappa shape index (κ1) is 14.7. The van der Waals surface area contributed by atoms with Gasteiger partial charge < -0.3 is 4.57 Å². The van der Waals surface area contributed by atoms with Gasteiger partial charge in [-0.15, -0.1) is 10.2 Å². The Balaban J connectivity index is 2.65. The van der Waals surface area contributed by atoms with Crippen molar-refractivity contribution in [1.82, 2.24) is 19.3 Å². The van der Waals surface area contributed by atoms with Gasteiger partial charge in [0.1, 0.15) is 0 Å². The third-order valence-electron chi connectivity index (χ3n) is 2.74. The monoisotopic (exact) mass is 316 g/mol. The lowest BCUT2D eigenvalue weighted by Crippen LogP contribution is -2.15. The van der Waals surface area contributed by atoms with Crippen molar-refractivity contribution in [2.75, 3.05) is 0 Å². The van der Waals surface area contributed by atoms with Crippen molar-refractivity contribution >= 4 is 19.7 Å². The third kappa shape index (κ3) is 2.75. The van der Waals surface area contributed by atoms with Crippen LogP contribution in [0.15, 0.2) is 28.3 Å². The lowest BCUT2D eigenvalue weighted by Gasteiger charge is -2.07. The first-order valence-corrected chi connectivity index (χ1v) is 8.20. The third-order valence-corrected chi connectivity index (χ3v) is 3.90. The summed E-state index contributed by atoms with van der Waals surface area (Å²) >= 11 is 0. The van der Waals surface area contributed by atoms with Crippen LogP contribution in [0.25, 0.3) is 11.4 Å². The van der Waals surface area contributed by atoms with Crippen molar-refractivity contribution in [3.8, 4) is 11.4 Å². The highest BCUT2D eigenvalue weighted by atomic mass is 35.7. The Morgan fingerprint density at radius 2 is 2.05 bits per heavy atom. The molecule has 20 heavy (non-hydrogen) atoms. The maximum absolute atomic E-state index is 11.6. The van der Waals surface area contributed by atoms with Crippen molar-refractivity contribution < 1.29 is 8.42 Å². The average molecular weight is 317 g/mol. The summed E-state index contributed by atoms with van der Waals surface area (Å²) in [4.78, 5) is 11.6. The predicted octanol–water partition coefficient (Wildman–Crippen LogP) is 0.981. The van der Waals surface area contributed by atoms with Crippen LogP contribution in [0.1, 0.15) is 13.3 Å². The number of pyridine rings is 1. The lowest BCUT2D eigenvalue weighted by molar-refractivity contribution is 0.570. The molecule has 2 aromatic rings. The van der Waals surface area contributed by atoms with E-state index in [1.165, 1.54) is 15.2 Å². The zero-order valence-electron chi connectivity index (χ0n) is 10.9. The van der Waals surface area contributed by atoms with E-state index in [0.717, 1.165) is 0 Å². The van der Waals surface area contributed by atoms with Crippen LogP contribution in [0.3, 0.4) is 0 Å². The van der Waals surface area contributed by atoms with Gasteiger partial charge in [0, 0.05) is 42.1 Å². The molecule has 108 valence electrons. The molecule has 0 aliphatic carbocycles. The van der Waals surface area contributed by atoms with Gasteiger partial charge in [-0.3, -0.25) is 9.36 Å². The second kappa shape index (κ2) is 5.37. The molecule has 0 spiro atoms. The lowest BCUT2D eigenvalue weighted by atomic mass is 10.2. The molecule has 7 nitrogen and oxygen atoms in total. The van der Waals surface area contributed by atoms with Crippen molar-refractivity contribution in [1.29, 1.82) is 0 Å². The van der Waals surface area contributed by atoms with Crippen LogP contribution in [-0.2, 0) is 22.6 Å². The van der Waals surface area contributed by atoms with Gasteiger partial charge in [0.05, 0.1) is 0 Å². The van der Waals surface area contributed by atoms with Crippen LogP contribution >= 0.6 is 10.7 Å². The van der Waals surface area contributed by atoms with Crippen LogP contribution in [0.2, 0.25) is 0 Å². The van der Waals surface area contributed by atoms with E-state index < -0.39 is 9.05 Å². The van der Waals surface area contributed by atoms with Crippen LogP contribution in [-0.4, -0.2) is 27.7 Å². The summed E-state index contributed by atoms with van der Waals surface area (Å²) in [5.74, 6) is 0.309. The Kier molecular flexibility index (Phi) is 3.96. The molecule has 0 fully saturated rings. The molecule has 0 saturated heterocycles. The molecule has 0 amide bonds. The molecular weight excluding hydrogens is 304 g/mol. The number of aryl methyl sites for hydroxylation is 1. The minimum Gasteiger partial charge on any atom is -0.319 e. The Labute approximate surface area is 120 Å². The molecule has 0 radical (unpaired) electrons. The van der Waals surface area contributed by atoms with Crippen molar-refractivity contribution in [2.24, 2.45) is 7.05 Å². The Hall–Kier alpha value is -1.67. The fraction of sp³-hybridized carbons (Fsp3) is 0.364. The van der Waals surface area contributed by atoms with Gasteiger partial charge in [-0.05, 0) is 12.5 Å². The molecule has 2 heterocycles. The van der Waals surface area contributed by atoms with Crippen molar-refractivity contribution in [3.05, 3.63) is 28.7 Å². The molecule has 0 atom stereocenters. The normalized spacial score (nSPS) is 11.8. The van der Waals surface area contributed by atoms with Crippen LogP contribution in [0, 0.1) is 0 Å². The number of nitrogens with zero attached hydrogens (tertiary/aromatic N) is 4. The van der Waals surface area contributed by atoms with Gasteiger partial charge in [0.25, 0.3) is 19.8 Å². The van der Waals surface area contributed by atoms with Gasteiger partial charge in [0.2, 0.25) is 0 Å². The Bertz CT molecular complexity index is 794. The molecule has 0 aliphatic rings. The summed E-state index contributed by atoms with van der Waals surface area (Å²) in [5.41, 5.74) is 0.282. The zero-order valence-corrected chi connectivity index (χ0v) is 12.5. The van der Waals surface area contributed by atoms with E-state index in [1.807, 2.05) is 6.92 Å². The van der Waals surface area contributed by atoms with E-state index in [4.69, 9.17) is 10.7 Å². The van der Waals surface area contributed by atoms with Crippen LogP contribution < -0.4 is 5.56 Å². The molecular formula is C11H13ClN4O3S. The summed E-state index contributed by atoms with van der Waals surface area (Å²) in [6.45, 7) is 2.28. The van der Waals surface area contributed by atoms with Crippen LogP contribution in [0.4, 0.5) is 0 Å². The molecule has 2 aromatic heterocycles. The molecule has 0 saturated carbocycles. The van der Waals surface area contributed by atoms with E-state index in [-0.39, 0.29) is 10.7 Å². The minimum absolute atomic E-state index is 0.219. The molecule has 0 bridgehead atoms. The van der Waals surface area contributed by atoms with Crippen molar-refractivity contribution in [3.63, 3.8) is 0 Å². The highest BCUT2D eigenvalue weighted by Crippen LogP contribution is 2.21. The van der Waals surface area contributed by atoms with E-state index in [9.17, 15) is 13.2 Å². The molecule has 0 unspecified atom stereocenters. The second-order valence-electron chi connectivity index (χ2n) is 4.26. The number of hydrogen-bond acceptors (Lipinski definition) is 5. The fourth-order valence-electron chi connectivity index (χ4n) is 1.80. The van der Waals surface area contributed by atoms with Crippen molar-refractivity contribution in [2.45, 2.75) is 25.0 Å². The van der Waals surface area contributed by atoms with Gasteiger partial charge in [-0.25, -0.2) is 8.42 Å². The standard InChI is InChI=1S/C11H13ClN4O3S/c1-3-5-16-10(13-14-11(16)20(12,18)19)8-4-6-15(2)9(17)7-8/h4,6-7H,3,5H2,1-2H3. The largest absolute Gasteiger partial charge is 0.319 e. The maximum atomic E-state index is 11.6. The predicted molar refractivity (Wildman–Crippen MR) is 74.0 cm³/mol. The summed E-state index contributed by atoms with van der Waals surface area (Å²) in [6, 6.07) is 3.04. The first-order chi connectivity index (χ1) is 9.34. The van der Waals surface area contributed by atoms with E-state index >= 15 is 0 Å².